The normalized spacial score (nSPS) is 12.3. The zero-order chi connectivity index (χ0) is 22.6. The van der Waals surface area contributed by atoms with Crippen LogP contribution >= 0.6 is 23.2 Å². The molecule has 3 aromatic heterocycles. The fourth-order valence-corrected chi connectivity index (χ4v) is 4.29. The maximum Gasteiger partial charge on any atom is 0.417 e. The molecule has 4 rings (SSSR count). The van der Waals surface area contributed by atoms with Crippen LogP contribution in [0.1, 0.15) is 11.1 Å². The number of hydrogen-bond donors (Lipinski definition) is 1. The van der Waals surface area contributed by atoms with Crippen molar-refractivity contribution in [1.29, 1.82) is 5.26 Å². The van der Waals surface area contributed by atoms with Crippen molar-refractivity contribution in [1.82, 2.24) is 14.4 Å². The highest BCUT2D eigenvalue weighted by Gasteiger charge is 2.37. The molecular weight excluding hydrogens is 478 g/mol. The number of halogens is 5. The van der Waals surface area contributed by atoms with Crippen LogP contribution in [-0.2, 0) is 16.2 Å². The van der Waals surface area contributed by atoms with E-state index in [2.05, 4.69) is 14.7 Å². The lowest BCUT2D eigenvalue weighted by Gasteiger charge is -2.15. The minimum absolute atomic E-state index is 0.0629. The van der Waals surface area contributed by atoms with Crippen LogP contribution in [0.15, 0.2) is 47.6 Å². The minimum Gasteiger partial charge on any atom is -0.277 e. The van der Waals surface area contributed by atoms with Gasteiger partial charge in [-0.3, -0.25) is 9.12 Å². The third-order valence-corrected chi connectivity index (χ3v) is 6.27. The summed E-state index contributed by atoms with van der Waals surface area (Å²) in [6.07, 6.45) is -3.73. The van der Waals surface area contributed by atoms with E-state index in [4.69, 9.17) is 23.2 Å². The first-order valence-electron chi connectivity index (χ1n) is 8.28. The van der Waals surface area contributed by atoms with E-state index < -0.39 is 43.8 Å². The third kappa shape index (κ3) is 3.63. The molecule has 0 aliphatic heterocycles. The number of rotatable bonds is 3. The topological polar surface area (TPSA) is 100 Å². The predicted molar refractivity (Wildman–Crippen MR) is 107 cm³/mol. The summed E-state index contributed by atoms with van der Waals surface area (Å²) in [5.74, 6) is -0.507. The number of aromatic nitrogens is 3. The molecule has 0 aliphatic rings. The number of nitriles is 1. The van der Waals surface area contributed by atoms with Gasteiger partial charge in [0.05, 0.1) is 26.6 Å². The average molecular weight is 486 g/mol. The van der Waals surface area contributed by atoms with E-state index in [1.807, 2.05) is 0 Å². The monoisotopic (exact) mass is 485 g/mol. The summed E-state index contributed by atoms with van der Waals surface area (Å²) < 4.78 is 69.6. The Hall–Kier alpha value is -3.07. The lowest BCUT2D eigenvalue weighted by Crippen LogP contribution is -2.18. The van der Waals surface area contributed by atoms with Gasteiger partial charge in [0.15, 0.2) is 10.7 Å². The number of sulfonamides is 1. The van der Waals surface area contributed by atoms with Gasteiger partial charge in [0.2, 0.25) is 0 Å². The van der Waals surface area contributed by atoms with Gasteiger partial charge in [0.25, 0.3) is 10.0 Å². The number of hydrogen-bond acceptors (Lipinski definition) is 5. The highest BCUT2D eigenvalue weighted by molar-refractivity contribution is 7.92. The largest absolute Gasteiger partial charge is 0.417 e. The molecule has 0 fully saturated rings. The van der Waals surface area contributed by atoms with Crippen LogP contribution in [0.25, 0.3) is 16.7 Å². The van der Waals surface area contributed by atoms with E-state index in [0.29, 0.717) is 6.07 Å². The second kappa shape index (κ2) is 7.26. The second-order valence-electron chi connectivity index (χ2n) is 6.23. The molecule has 3 heterocycles. The third-order valence-electron chi connectivity index (χ3n) is 4.28. The first-order chi connectivity index (χ1) is 14.5. The number of pyridine rings is 2. The number of anilines is 1. The van der Waals surface area contributed by atoms with Crippen molar-refractivity contribution in [3.8, 4) is 6.07 Å². The van der Waals surface area contributed by atoms with Gasteiger partial charge in [-0.25, -0.2) is 9.97 Å². The van der Waals surface area contributed by atoms with Crippen molar-refractivity contribution >= 4 is 55.7 Å². The van der Waals surface area contributed by atoms with Crippen molar-refractivity contribution in [3.63, 3.8) is 0 Å². The maximum atomic E-state index is 13.7. The Balaban J connectivity index is 2.10. The molecule has 0 aliphatic carbocycles. The highest BCUT2D eigenvalue weighted by Crippen LogP contribution is 2.38. The van der Waals surface area contributed by atoms with E-state index in [-0.39, 0.29) is 21.1 Å². The Morgan fingerprint density at radius 2 is 1.84 bits per heavy atom. The van der Waals surface area contributed by atoms with E-state index in [9.17, 15) is 26.9 Å². The van der Waals surface area contributed by atoms with Gasteiger partial charge in [-0.1, -0.05) is 29.3 Å². The van der Waals surface area contributed by atoms with Gasteiger partial charge in [0.1, 0.15) is 17.5 Å². The number of nitrogens with zero attached hydrogens (tertiary/aromatic N) is 4. The van der Waals surface area contributed by atoms with Crippen molar-refractivity contribution in [3.05, 3.63) is 63.8 Å². The number of imidazole rings is 1. The van der Waals surface area contributed by atoms with Gasteiger partial charge >= 0.3 is 6.18 Å². The average Bonchev–Trinajstić information content (AvgIpc) is 3.06. The van der Waals surface area contributed by atoms with Crippen LogP contribution in [0.4, 0.5) is 19.0 Å². The molecule has 7 nitrogen and oxygen atoms in total. The van der Waals surface area contributed by atoms with Gasteiger partial charge < -0.3 is 0 Å². The van der Waals surface area contributed by atoms with Crippen molar-refractivity contribution in [2.75, 3.05) is 4.72 Å². The Morgan fingerprint density at radius 1 is 1.13 bits per heavy atom. The van der Waals surface area contributed by atoms with E-state index >= 15 is 0 Å². The van der Waals surface area contributed by atoms with Gasteiger partial charge in [-0.2, -0.15) is 26.9 Å². The molecule has 0 spiro atoms. The molecule has 0 saturated heterocycles. The zero-order valence-electron chi connectivity index (χ0n) is 14.9. The summed E-state index contributed by atoms with van der Waals surface area (Å²) in [7, 11) is -4.37. The Kier molecular flexibility index (Phi) is 4.96. The molecular formula is C18H8Cl2F3N5O2S. The van der Waals surface area contributed by atoms with Crippen LogP contribution in [0, 0.1) is 11.3 Å². The highest BCUT2D eigenvalue weighted by atomic mass is 35.5. The van der Waals surface area contributed by atoms with E-state index in [1.165, 1.54) is 42.6 Å². The van der Waals surface area contributed by atoms with Gasteiger partial charge in [0, 0.05) is 6.20 Å². The molecule has 31 heavy (non-hydrogen) atoms. The Morgan fingerprint density at radius 3 is 2.45 bits per heavy atom. The van der Waals surface area contributed by atoms with E-state index in [1.54, 1.807) is 0 Å². The van der Waals surface area contributed by atoms with Crippen molar-refractivity contribution in [2.45, 2.75) is 11.2 Å². The molecule has 4 aromatic rings. The molecule has 0 saturated carbocycles. The Bertz CT molecular complexity index is 1500. The number of alkyl halides is 3. The summed E-state index contributed by atoms with van der Waals surface area (Å²) in [6.45, 7) is 0. The second-order valence-corrected chi connectivity index (χ2v) is 8.67. The van der Waals surface area contributed by atoms with Crippen LogP contribution in [0.2, 0.25) is 10.0 Å². The molecule has 0 unspecified atom stereocenters. The smallest absolute Gasteiger partial charge is 0.277 e. The molecule has 0 radical (unpaired) electrons. The summed E-state index contributed by atoms with van der Waals surface area (Å²) in [5.41, 5.74) is -2.29. The summed E-state index contributed by atoms with van der Waals surface area (Å²) in [5, 5.41) is 9.15. The van der Waals surface area contributed by atoms with Gasteiger partial charge in [-0.05, 0) is 30.3 Å². The number of benzene rings is 1. The lowest BCUT2D eigenvalue weighted by molar-refractivity contribution is -0.137. The summed E-state index contributed by atoms with van der Waals surface area (Å²) in [4.78, 5) is 7.79. The van der Waals surface area contributed by atoms with Crippen molar-refractivity contribution < 1.29 is 21.6 Å². The number of nitrogens with one attached hydrogen (secondary N) is 1. The van der Waals surface area contributed by atoms with E-state index in [0.717, 1.165) is 4.40 Å². The first kappa shape index (κ1) is 21.2. The molecule has 13 heteroatoms. The Labute approximate surface area is 182 Å². The van der Waals surface area contributed by atoms with Crippen molar-refractivity contribution in [2.24, 2.45) is 0 Å². The fourth-order valence-electron chi connectivity index (χ4n) is 2.98. The maximum absolute atomic E-state index is 13.7. The van der Waals surface area contributed by atoms with Crippen LogP contribution in [0.5, 0.6) is 0 Å². The molecule has 0 amide bonds. The standard InChI is InChI=1S/C18H8Cl2F3N5O2S/c19-11-6-13-14(7-12(11)20)28-15(27-31(29,30)16-3-1-2-4-25-16)5-10(18(21,22)23)9(8-24)17(28)26-13/h1-7,27H. The predicted octanol–water partition coefficient (Wildman–Crippen LogP) is 4.88. The van der Waals surface area contributed by atoms with Crippen LogP contribution in [-0.4, -0.2) is 22.8 Å². The molecule has 158 valence electrons. The van der Waals surface area contributed by atoms with Crippen LogP contribution < -0.4 is 4.72 Å². The fraction of sp³-hybridized carbons (Fsp3) is 0.0556. The zero-order valence-corrected chi connectivity index (χ0v) is 17.3. The first-order valence-corrected chi connectivity index (χ1v) is 10.5. The molecule has 0 bridgehead atoms. The minimum atomic E-state index is -4.95. The summed E-state index contributed by atoms with van der Waals surface area (Å²) >= 11 is 12.0. The molecule has 1 aromatic carbocycles. The van der Waals surface area contributed by atoms with Gasteiger partial charge in [-0.15, -0.1) is 0 Å². The summed E-state index contributed by atoms with van der Waals surface area (Å²) in [6, 6.07) is 8.70. The lowest BCUT2D eigenvalue weighted by atomic mass is 10.1. The number of fused-ring (bicyclic) bond motifs is 3. The molecule has 0 atom stereocenters. The van der Waals surface area contributed by atoms with Crippen LogP contribution in [0.3, 0.4) is 0 Å². The quantitative estimate of drug-likeness (QED) is 0.445. The SMILES string of the molecule is N#Cc1c(C(F)(F)F)cc(NS(=O)(=O)c2ccccn2)n2c1nc1cc(Cl)c(Cl)cc12. The molecule has 1 N–H and O–H groups in total.